The molecule has 1 aliphatic carbocycles. The quantitative estimate of drug-likeness (QED) is 0.292. The Morgan fingerprint density at radius 3 is 2.29 bits per heavy atom. The van der Waals surface area contributed by atoms with E-state index in [2.05, 4.69) is 10.6 Å². The summed E-state index contributed by atoms with van der Waals surface area (Å²) in [5, 5.41) is 6.34. The lowest BCUT2D eigenvalue weighted by Crippen LogP contribution is -2.26. The Balaban J connectivity index is 1.58. The number of nitrogens with one attached hydrogen (secondary N) is 2. The van der Waals surface area contributed by atoms with Crippen LogP contribution >= 0.6 is 11.6 Å². The van der Waals surface area contributed by atoms with Gasteiger partial charge in [-0.2, -0.15) is 0 Å². The van der Waals surface area contributed by atoms with Gasteiger partial charge in [0.05, 0.1) is 11.4 Å². The molecule has 3 aromatic rings. The molecule has 0 aromatic heterocycles. The van der Waals surface area contributed by atoms with Gasteiger partial charge < -0.3 is 16.4 Å². The second-order valence-electron chi connectivity index (χ2n) is 7.45. The minimum Gasteiger partial charge on any atom is -0.397 e. The molecule has 0 radical (unpaired) electrons. The van der Waals surface area contributed by atoms with E-state index in [9.17, 15) is 9.59 Å². The summed E-state index contributed by atoms with van der Waals surface area (Å²) in [6, 6.07) is 21.6. The molecule has 0 bridgehead atoms. The van der Waals surface area contributed by atoms with Gasteiger partial charge in [0.15, 0.2) is 0 Å². The molecule has 5 nitrogen and oxygen atoms in total. The summed E-state index contributed by atoms with van der Waals surface area (Å²) >= 11 is 6.35. The summed E-state index contributed by atoms with van der Waals surface area (Å²) in [6.07, 6.45) is 3.78. The molecule has 0 heterocycles. The number of anilines is 2. The van der Waals surface area contributed by atoms with E-state index in [-0.39, 0.29) is 17.9 Å². The second kappa shape index (κ2) is 9.06. The smallest absolute Gasteiger partial charge is 0.255 e. The van der Waals surface area contributed by atoms with Crippen LogP contribution in [0.1, 0.15) is 34.3 Å². The van der Waals surface area contributed by atoms with Crippen LogP contribution < -0.4 is 16.4 Å². The van der Waals surface area contributed by atoms with Crippen LogP contribution in [0.25, 0.3) is 11.6 Å². The van der Waals surface area contributed by atoms with E-state index < -0.39 is 0 Å². The largest absolute Gasteiger partial charge is 0.397 e. The molecule has 1 aliphatic rings. The highest BCUT2D eigenvalue weighted by Gasteiger charge is 2.25. The SMILES string of the molecule is Nc1ccccc1NC(=O)c1ccc(/C=C(/C(=O)NC2CC2)c2ccccc2Cl)cc1. The predicted octanol–water partition coefficient (Wildman–Crippen LogP) is 4.99. The second-order valence-corrected chi connectivity index (χ2v) is 7.86. The molecule has 3 aromatic carbocycles. The van der Waals surface area contributed by atoms with Gasteiger partial charge in [-0.05, 0) is 54.8 Å². The van der Waals surface area contributed by atoms with Crippen LogP contribution in [0.4, 0.5) is 11.4 Å². The van der Waals surface area contributed by atoms with E-state index in [1.165, 1.54) is 0 Å². The molecule has 4 rings (SSSR count). The first-order valence-electron chi connectivity index (χ1n) is 10.0. The molecule has 0 aliphatic heterocycles. The number of halogens is 1. The van der Waals surface area contributed by atoms with Crippen molar-refractivity contribution in [3.63, 3.8) is 0 Å². The Hall–Kier alpha value is -3.57. The highest BCUT2D eigenvalue weighted by atomic mass is 35.5. The summed E-state index contributed by atoms with van der Waals surface area (Å²) < 4.78 is 0. The Kier molecular flexibility index (Phi) is 6.05. The molecule has 0 atom stereocenters. The number of para-hydroxylation sites is 2. The molecular formula is C25H22ClN3O2. The Morgan fingerprint density at radius 1 is 0.935 bits per heavy atom. The van der Waals surface area contributed by atoms with Crippen molar-refractivity contribution >= 4 is 46.4 Å². The summed E-state index contributed by atoms with van der Waals surface area (Å²) in [5.41, 5.74) is 9.39. The van der Waals surface area contributed by atoms with E-state index in [4.69, 9.17) is 17.3 Å². The average molecular weight is 432 g/mol. The molecule has 1 fully saturated rings. The van der Waals surface area contributed by atoms with Gasteiger partial charge in [-0.1, -0.05) is 54.1 Å². The van der Waals surface area contributed by atoms with E-state index in [1.54, 1.807) is 48.5 Å². The number of hydrogen-bond acceptors (Lipinski definition) is 3. The highest BCUT2D eigenvalue weighted by Crippen LogP contribution is 2.28. The normalized spacial score (nSPS) is 13.5. The molecule has 6 heteroatoms. The lowest BCUT2D eigenvalue weighted by atomic mass is 10.0. The van der Waals surface area contributed by atoms with E-state index in [0.717, 1.165) is 18.4 Å². The number of rotatable bonds is 6. The zero-order chi connectivity index (χ0) is 21.8. The topological polar surface area (TPSA) is 84.2 Å². The maximum atomic E-state index is 12.8. The fourth-order valence-corrected chi connectivity index (χ4v) is 3.38. The molecule has 0 unspecified atom stereocenters. The minimum atomic E-state index is -0.258. The van der Waals surface area contributed by atoms with Crippen LogP contribution in [-0.2, 0) is 4.79 Å². The zero-order valence-corrected chi connectivity index (χ0v) is 17.5. The molecule has 2 amide bonds. The number of carbonyl (C=O) groups is 2. The fraction of sp³-hybridized carbons (Fsp3) is 0.120. The lowest BCUT2D eigenvalue weighted by Gasteiger charge is -2.11. The standard InChI is InChI=1S/C25H22ClN3O2/c26-21-6-2-1-5-19(21)20(25(31)28-18-13-14-18)15-16-9-11-17(12-10-16)24(30)29-23-8-4-3-7-22(23)27/h1-12,15,18H,13-14,27H2,(H,28,31)(H,29,30)/b20-15+. The molecule has 156 valence electrons. The van der Waals surface area contributed by atoms with Crippen LogP contribution in [0.5, 0.6) is 0 Å². The van der Waals surface area contributed by atoms with E-state index >= 15 is 0 Å². The van der Waals surface area contributed by atoms with Gasteiger partial charge in [0.1, 0.15) is 0 Å². The van der Waals surface area contributed by atoms with Crippen LogP contribution in [0, 0.1) is 0 Å². The van der Waals surface area contributed by atoms with Crippen molar-refractivity contribution < 1.29 is 9.59 Å². The van der Waals surface area contributed by atoms with E-state index in [1.807, 2.05) is 30.3 Å². The van der Waals surface area contributed by atoms with Crippen molar-refractivity contribution in [3.05, 3.63) is 94.5 Å². The first-order chi connectivity index (χ1) is 15.0. The average Bonchev–Trinajstić information content (AvgIpc) is 3.58. The zero-order valence-electron chi connectivity index (χ0n) is 16.8. The van der Waals surface area contributed by atoms with Crippen LogP contribution in [0.2, 0.25) is 5.02 Å². The Bertz CT molecular complexity index is 1150. The molecule has 1 saturated carbocycles. The summed E-state index contributed by atoms with van der Waals surface area (Å²) in [7, 11) is 0. The molecule has 0 spiro atoms. The number of hydrogen-bond donors (Lipinski definition) is 3. The fourth-order valence-electron chi connectivity index (χ4n) is 3.14. The predicted molar refractivity (Wildman–Crippen MR) is 126 cm³/mol. The molecule has 0 saturated heterocycles. The highest BCUT2D eigenvalue weighted by molar-refractivity contribution is 6.36. The van der Waals surface area contributed by atoms with Crippen molar-refractivity contribution in [1.82, 2.24) is 5.32 Å². The molecule has 4 N–H and O–H groups in total. The van der Waals surface area contributed by atoms with Crippen molar-refractivity contribution in [2.75, 3.05) is 11.1 Å². The first kappa shape index (κ1) is 20.7. The maximum Gasteiger partial charge on any atom is 0.255 e. The van der Waals surface area contributed by atoms with Gasteiger partial charge >= 0.3 is 0 Å². The maximum absolute atomic E-state index is 12.8. The van der Waals surface area contributed by atoms with Gasteiger partial charge in [-0.3, -0.25) is 9.59 Å². The van der Waals surface area contributed by atoms with Crippen molar-refractivity contribution in [2.24, 2.45) is 0 Å². The van der Waals surface area contributed by atoms with E-state index in [0.29, 0.717) is 33.1 Å². The van der Waals surface area contributed by atoms with Crippen molar-refractivity contribution in [2.45, 2.75) is 18.9 Å². The van der Waals surface area contributed by atoms with Crippen LogP contribution in [-0.4, -0.2) is 17.9 Å². The van der Waals surface area contributed by atoms with Gasteiger partial charge in [0, 0.05) is 27.8 Å². The number of carbonyl (C=O) groups excluding carboxylic acids is 2. The third kappa shape index (κ3) is 5.13. The third-order valence-corrected chi connectivity index (χ3v) is 5.34. The Labute approximate surface area is 185 Å². The van der Waals surface area contributed by atoms with Crippen molar-refractivity contribution in [3.8, 4) is 0 Å². The number of amides is 2. The van der Waals surface area contributed by atoms with Gasteiger partial charge in [0.25, 0.3) is 11.8 Å². The number of nitrogen functional groups attached to an aromatic ring is 1. The summed E-state index contributed by atoms with van der Waals surface area (Å²) in [6.45, 7) is 0. The minimum absolute atomic E-state index is 0.156. The first-order valence-corrected chi connectivity index (χ1v) is 10.4. The van der Waals surface area contributed by atoms with Gasteiger partial charge in [-0.15, -0.1) is 0 Å². The molecule has 31 heavy (non-hydrogen) atoms. The van der Waals surface area contributed by atoms with Crippen LogP contribution in [0.3, 0.4) is 0 Å². The van der Waals surface area contributed by atoms with Gasteiger partial charge in [0.2, 0.25) is 0 Å². The van der Waals surface area contributed by atoms with Gasteiger partial charge in [-0.25, -0.2) is 0 Å². The number of benzene rings is 3. The summed E-state index contributed by atoms with van der Waals surface area (Å²) in [5.74, 6) is -0.414. The summed E-state index contributed by atoms with van der Waals surface area (Å²) in [4.78, 5) is 25.4. The van der Waals surface area contributed by atoms with Crippen LogP contribution in [0.15, 0.2) is 72.8 Å². The monoisotopic (exact) mass is 431 g/mol. The van der Waals surface area contributed by atoms with Crippen molar-refractivity contribution in [1.29, 1.82) is 0 Å². The lowest BCUT2D eigenvalue weighted by molar-refractivity contribution is -0.115. The third-order valence-electron chi connectivity index (χ3n) is 5.01. The Morgan fingerprint density at radius 2 is 1.61 bits per heavy atom. The number of nitrogens with two attached hydrogens (primary N) is 1. The molecular weight excluding hydrogens is 410 g/mol.